The Labute approximate surface area is 183 Å². The van der Waals surface area contributed by atoms with Gasteiger partial charge in [0.2, 0.25) is 0 Å². The van der Waals surface area contributed by atoms with Crippen LogP contribution in [0.4, 0.5) is 4.39 Å². The summed E-state index contributed by atoms with van der Waals surface area (Å²) >= 11 is 0. The predicted molar refractivity (Wildman–Crippen MR) is 119 cm³/mol. The summed E-state index contributed by atoms with van der Waals surface area (Å²) in [5, 5.41) is 3.96. The van der Waals surface area contributed by atoms with Crippen LogP contribution in [0.2, 0.25) is 0 Å². The Bertz CT molecular complexity index is 1310. The van der Waals surface area contributed by atoms with Crippen LogP contribution in [0, 0.1) is 12.7 Å². The summed E-state index contributed by atoms with van der Waals surface area (Å²) in [6.07, 6.45) is 1.42. The number of aryl methyl sites for hydroxylation is 1. The van der Waals surface area contributed by atoms with Crippen molar-refractivity contribution in [3.8, 4) is 5.75 Å². The molecule has 32 heavy (non-hydrogen) atoms. The van der Waals surface area contributed by atoms with Crippen molar-refractivity contribution in [2.75, 3.05) is 0 Å². The summed E-state index contributed by atoms with van der Waals surface area (Å²) in [5.74, 6) is -0.143. The van der Waals surface area contributed by atoms with Crippen molar-refractivity contribution >= 4 is 16.8 Å². The smallest absolute Gasteiger partial charge is 0.261 e. The van der Waals surface area contributed by atoms with E-state index in [1.165, 1.54) is 24.3 Å². The second-order valence-electron chi connectivity index (χ2n) is 7.60. The monoisotopic (exact) mass is 434 g/mol. The standard InChI is InChI=1S/C24H23FN4O3/c1-14(32-18-7-5-6-17(25)11-18)24(31)29-21(22-12-23(30)28-15(2)27-22)10-16-13-26-20-9-4-3-8-19(16)20/h3-9,11-14,21,26H,10H2,1-2H3,(H,29,31)(H,27,28,30). The van der Waals surface area contributed by atoms with E-state index < -0.39 is 23.9 Å². The number of H-pyrrole nitrogens is 2. The molecular formula is C24H23FN4O3. The van der Waals surface area contributed by atoms with E-state index in [1.807, 2.05) is 30.5 Å². The zero-order chi connectivity index (χ0) is 22.7. The van der Waals surface area contributed by atoms with Gasteiger partial charge in [0.05, 0.1) is 11.7 Å². The minimum atomic E-state index is -0.884. The van der Waals surface area contributed by atoms with Crippen molar-refractivity contribution in [2.45, 2.75) is 32.4 Å². The molecule has 4 aromatic rings. The molecule has 4 rings (SSSR count). The molecular weight excluding hydrogens is 411 g/mol. The minimum Gasteiger partial charge on any atom is -0.481 e. The van der Waals surface area contributed by atoms with Crippen LogP contribution in [0.25, 0.3) is 10.9 Å². The lowest BCUT2D eigenvalue weighted by Gasteiger charge is -2.21. The van der Waals surface area contributed by atoms with Crippen molar-refractivity contribution in [1.29, 1.82) is 0 Å². The molecule has 0 aliphatic heterocycles. The maximum absolute atomic E-state index is 13.4. The van der Waals surface area contributed by atoms with Gasteiger partial charge in [-0.2, -0.15) is 0 Å². The number of fused-ring (bicyclic) bond motifs is 1. The highest BCUT2D eigenvalue weighted by Crippen LogP contribution is 2.24. The number of hydrogen-bond acceptors (Lipinski definition) is 4. The third-order valence-electron chi connectivity index (χ3n) is 5.13. The zero-order valence-electron chi connectivity index (χ0n) is 17.7. The van der Waals surface area contributed by atoms with Gasteiger partial charge in [-0.15, -0.1) is 0 Å². The van der Waals surface area contributed by atoms with E-state index in [9.17, 15) is 14.0 Å². The molecule has 0 saturated carbocycles. The van der Waals surface area contributed by atoms with E-state index in [1.54, 1.807) is 19.9 Å². The average molecular weight is 434 g/mol. The second kappa shape index (κ2) is 9.05. The van der Waals surface area contributed by atoms with Crippen LogP contribution >= 0.6 is 0 Å². The number of hydrogen-bond donors (Lipinski definition) is 3. The molecule has 2 unspecified atom stereocenters. The quantitative estimate of drug-likeness (QED) is 0.414. The normalized spacial score (nSPS) is 13.0. The zero-order valence-corrected chi connectivity index (χ0v) is 17.7. The van der Waals surface area contributed by atoms with Gasteiger partial charge in [0.15, 0.2) is 6.10 Å². The van der Waals surface area contributed by atoms with Gasteiger partial charge >= 0.3 is 0 Å². The Morgan fingerprint density at radius 1 is 1.19 bits per heavy atom. The number of carbonyl (C=O) groups is 1. The molecule has 3 N–H and O–H groups in total. The predicted octanol–water partition coefficient (Wildman–Crippen LogP) is 3.57. The number of rotatable bonds is 7. The molecule has 164 valence electrons. The maximum atomic E-state index is 13.4. The van der Waals surface area contributed by atoms with E-state index in [-0.39, 0.29) is 11.3 Å². The SMILES string of the molecule is Cc1nc(C(Cc2c[nH]c3ccccc23)NC(=O)C(C)Oc2cccc(F)c2)cc(=O)[nH]1. The highest BCUT2D eigenvalue weighted by molar-refractivity contribution is 5.84. The number of halogens is 1. The molecule has 0 radical (unpaired) electrons. The maximum Gasteiger partial charge on any atom is 0.261 e. The summed E-state index contributed by atoms with van der Waals surface area (Å²) in [7, 11) is 0. The first-order valence-electron chi connectivity index (χ1n) is 10.2. The molecule has 0 aliphatic rings. The van der Waals surface area contributed by atoms with Crippen LogP contribution in [-0.2, 0) is 11.2 Å². The molecule has 7 nitrogen and oxygen atoms in total. The number of benzene rings is 2. The van der Waals surface area contributed by atoms with E-state index in [4.69, 9.17) is 4.74 Å². The summed E-state index contributed by atoms with van der Waals surface area (Å²) < 4.78 is 19.0. The fourth-order valence-electron chi connectivity index (χ4n) is 3.62. The molecule has 2 aromatic heterocycles. The highest BCUT2D eigenvalue weighted by Gasteiger charge is 2.23. The summed E-state index contributed by atoms with van der Waals surface area (Å²) in [6.45, 7) is 3.27. The number of aromatic amines is 2. The summed E-state index contributed by atoms with van der Waals surface area (Å²) in [6, 6.07) is 14.3. The summed E-state index contributed by atoms with van der Waals surface area (Å²) in [4.78, 5) is 35.2. The highest BCUT2D eigenvalue weighted by atomic mass is 19.1. The van der Waals surface area contributed by atoms with Crippen molar-refractivity contribution in [1.82, 2.24) is 20.3 Å². The fraction of sp³-hybridized carbons (Fsp3) is 0.208. The molecule has 0 fully saturated rings. The Balaban J connectivity index is 1.60. The van der Waals surface area contributed by atoms with Crippen LogP contribution in [0.3, 0.4) is 0 Å². The lowest BCUT2D eigenvalue weighted by atomic mass is 10.0. The lowest BCUT2D eigenvalue weighted by molar-refractivity contribution is -0.128. The van der Waals surface area contributed by atoms with Crippen LogP contribution in [0.1, 0.15) is 30.0 Å². The van der Waals surface area contributed by atoms with Crippen LogP contribution in [0.15, 0.2) is 65.6 Å². The number of nitrogens with one attached hydrogen (secondary N) is 3. The van der Waals surface area contributed by atoms with E-state index in [0.717, 1.165) is 16.5 Å². The molecule has 0 spiro atoms. The molecule has 0 aliphatic carbocycles. The molecule has 1 amide bonds. The Morgan fingerprint density at radius 2 is 2.00 bits per heavy atom. The molecule has 2 heterocycles. The van der Waals surface area contributed by atoms with Gasteiger partial charge in [0.25, 0.3) is 11.5 Å². The number of carbonyl (C=O) groups excluding carboxylic acids is 1. The first-order chi connectivity index (χ1) is 15.4. The molecule has 2 atom stereocenters. The van der Waals surface area contributed by atoms with Gasteiger partial charge in [-0.05, 0) is 37.6 Å². The first kappa shape index (κ1) is 21.3. The van der Waals surface area contributed by atoms with Gasteiger partial charge in [-0.25, -0.2) is 9.37 Å². The number of aromatic nitrogens is 3. The van der Waals surface area contributed by atoms with Crippen molar-refractivity contribution in [3.05, 3.63) is 94.0 Å². The van der Waals surface area contributed by atoms with Gasteiger partial charge in [0.1, 0.15) is 17.4 Å². The van der Waals surface area contributed by atoms with E-state index in [2.05, 4.69) is 20.3 Å². The number of nitrogens with zero attached hydrogens (tertiary/aromatic N) is 1. The number of para-hydroxylation sites is 1. The number of ether oxygens (including phenoxy) is 1. The molecule has 8 heteroatoms. The second-order valence-corrected chi connectivity index (χ2v) is 7.60. The lowest BCUT2D eigenvalue weighted by Crippen LogP contribution is -2.40. The molecule has 2 aromatic carbocycles. The first-order valence-corrected chi connectivity index (χ1v) is 10.2. The average Bonchev–Trinajstić information content (AvgIpc) is 3.15. The van der Waals surface area contributed by atoms with E-state index >= 15 is 0 Å². The third-order valence-corrected chi connectivity index (χ3v) is 5.13. The molecule has 0 bridgehead atoms. The van der Waals surface area contributed by atoms with Gasteiger partial charge in [0, 0.05) is 35.7 Å². The largest absolute Gasteiger partial charge is 0.481 e. The Morgan fingerprint density at radius 3 is 2.78 bits per heavy atom. The van der Waals surface area contributed by atoms with Crippen molar-refractivity contribution < 1.29 is 13.9 Å². The van der Waals surface area contributed by atoms with Gasteiger partial charge < -0.3 is 20.0 Å². The van der Waals surface area contributed by atoms with Crippen LogP contribution < -0.4 is 15.6 Å². The van der Waals surface area contributed by atoms with Crippen molar-refractivity contribution in [2.24, 2.45) is 0 Å². The van der Waals surface area contributed by atoms with Crippen LogP contribution in [0.5, 0.6) is 5.75 Å². The van der Waals surface area contributed by atoms with Crippen LogP contribution in [-0.4, -0.2) is 27.0 Å². The van der Waals surface area contributed by atoms with Crippen molar-refractivity contribution in [3.63, 3.8) is 0 Å². The number of amides is 1. The van der Waals surface area contributed by atoms with Gasteiger partial charge in [-0.1, -0.05) is 24.3 Å². The Kier molecular flexibility index (Phi) is 6.02. The van der Waals surface area contributed by atoms with E-state index in [0.29, 0.717) is 17.9 Å². The third kappa shape index (κ3) is 4.85. The Hall–Kier alpha value is -3.94. The fourth-order valence-corrected chi connectivity index (χ4v) is 3.62. The minimum absolute atomic E-state index is 0.256. The van der Waals surface area contributed by atoms with Gasteiger partial charge in [-0.3, -0.25) is 9.59 Å². The topological polar surface area (TPSA) is 99.9 Å². The summed E-state index contributed by atoms with van der Waals surface area (Å²) in [5.41, 5.74) is 2.10. The molecule has 0 saturated heterocycles.